The van der Waals surface area contributed by atoms with E-state index < -0.39 is 6.29 Å². The van der Waals surface area contributed by atoms with Gasteiger partial charge in [0.1, 0.15) is 5.75 Å². The second-order valence-electron chi connectivity index (χ2n) is 3.62. The Bertz CT molecular complexity index is 341. The van der Waals surface area contributed by atoms with Crippen molar-refractivity contribution < 1.29 is 19.0 Å². The Labute approximate surface area is 101 Å². The second-order valence-corrected chi connectivity index (χ2v) is 3.62. The smallest absolute Gasteiger partial charge is 0.217 e. The molecule has 0 bridgehead atoms. The number of rotatable bonds is 7. The lowest BCUT2D eigenvalue weighted by molar-refractivity contribution is -0.156. The lowest BCUT2D eigenvalue weighted by Gasteiger charge is -2.11. The van der Waals surface area contributed by atoms with Gasteiger partial charge < -0.3 is 14.2 Å². The molecule has 1 aromatic carbocycles. The van der Waals surface area contributed by atoms with Gasteiger partial charge in [-0.3, -0.25) is 4.79 Å². The van der Waals surface area contributed by atoms with Crippen molar-refractivity contribution in [3.63, 3.8) is 0 Å². The lowest BCUT2D eigenvalue weighted by atomic mass is 10.1. The van der Waals surface area contributed by atoms with E-state index in [1.165, 1.54) is 14.2 Å². The second kappa shape index (κ2) is 7.04. The number of carbonyl (C=O) groups excluding carboxylic acids is 1. The zero-order chi connectivity index (χ0) is 12.7. The fourth-order valence-electron chi connectivity index (χ4n) is 1.54. The third-order valence-corrected chi connectivity index (χ3v) is 2.51. The van der Waals surface area contributed by atoms with Crippen molar-refractivity contribution in [2.24, 2.45) is 0 Å². The van der Waals surface area contributed by atoms with Crippen LogP contribution in [0.5, 0.6) is 5.75 Å². The van der Waals surface area contributed by atoms with Gasteiger partial charge in [-0.25, -0.2) is 0 Å². The number of methoxy groups -OCH3 is 3. The molecule has 0 aromatic heterocycles. The van der Waals surface area contributed by atoms with Crippen molar-refractivity contribution in [1.82, 2.24) is 0 Å². The summed E-state index contributed by atoms with van der Waals surface area (Å²) in [6.45, 7) is 0. The van der Waals surface area contributed by atoms with Crippen LogP contribution in [0.1, 0.15) is 12.0 Å². The zero-order valence-corrected chi connectivity index (χ0v) is 10.4. The normalized spacial score (nSPS) is 10.6. The van der Waals surface area contributed by atoms with Crippen LogP contribution in [-0.4, -0.2) is 33.4 Å². The van der Waals surface area contributed by atoms with E-state index in [4.69, 9.17) is 14.2 Å². The summed E-state index contributed by atoms with van der Waals surface area (Å²) < 4.78 is 14.8. The highest BCUT2D eigenvalue weighted by molar-refractivity contribution is 5.82. The van der Waals surface area contributed by atoms with Crippen LogP contribution in [0.15, 0.2) is 24.3 Å². The molecule has 0 saturated heterocycles. The third kappa shape index (κ3) is 4.17. The van der Waals surface area contributed by atoms with Crippen LogP contribution in [0.25, 0.3) is 0 Å². The average Bonchev–Trinajstić information content (AvgIpc) is 2.38. The monoisotopic (exact) mass is 238 g/mol. The van der Waals surface area contributed by atoms with Crippen molar-refractivity contribution in [3.8, 4) is 5.75 Å². The molecule has 0 aliphatic carbocycles. The highest BCUT2D eigenvalue weighted by atomic mass is 16.7. The SMILES string of the molecule is COc1ccc(CCC(=O)C(OC)OC)cc1. The minimum Gasteiger partial charge on any atom is -0.497 e. The van der Waals surface area contributed by atoms with Gasteiger partial charge in [-0.15, -0.1) is 0 Å². The summed E-state index contributed by atoms with van der Waals surface area (Å²) >= 11 is 0. The van der Waals surface area contributed by atoms with Gasteiger partial charge in [-0.1, -0.05) is 12.1 Å². The van der Waals surface area contributed by atoms with Gasteiger partial charge >= 0.3 is 0 Å². The molecule has 0 spiro atoms. The quantitative estimate of drug-likeness (QED) is 0.680. The van der Waals surface area contributed by atoms with E-state index in [-0.39, 0.29) is 5.78 Å². The fourth-order valence-corrected chi connectivity index (χ4v) is 1.54. The average molecular weight is 238 g/mol. The van der Waals surface area contributed by atoms with Crippen LogP contribution in [-0.2, 0) is 20.7 Å². The molecule has 17 heavy (non-hydrogen) atoms. The van der Waals surface area contributed by atoms with Gasteiger partial charge in [-0.2, -0.15) is 0 Å². The van der Waals surface area contributed by atoms with E-state index in [9.17, 15) is 4.79 Å². The van der Waals surface area contributed by atoms with Crippen molar-refractivity contribution in [1.29, 1.82) is 0 Å². The largest absolute Gasteiger partial charge is 0.497 e. The maximum atomic E-state index is 11.6. The lowest BCUT2D eigenvalue weighted by Crippen LogP contribution is -2.25. The van der Waals surface area contributed by atoms with Crippen molar-refractivity contribution >= 4 is 5.78 Å². The fraction of sp³-hybridized carbons (Fsp3) is 0.462. The predicted molar refractivity (Wildman–Crippen MR) is 64.1 cm³/mol. The summed E-state index contributed by atoms with van der Waals surface area (Å²) in [7, 11) is 4.54. The Morgan fingerprint density at radius 1 is 1.12 bits per heavy atom. The minimum absolute atomic E-state index is 0.0502. The molecule has 0 amide bonds. The first-order valence-corrected chi connectivity index (χ1v) is 5.42. The number of hydrogen-bond acceptors (Lipinski definition) is 4. The Morgan fingerprint density at radius 3 is 2.18 bits per heavy atom. The molecule has 4 nitrogen and oxygen atoms in total. The van der Waals surface area contributed by atoms with Crippen LogP contribution in [0.3, 0.4) is 0 Å². The Morgan fingerprint density at radius 2 is 1.71 bits per heavy atom. The van der Waals surface area contributed by atoms with E-state index >= 15 is 0 Å². The number of carbonyl (C=O) groups is 1. The first-order chi connectivity index (χ1) is 8.21. The van der Waals surface area contributed by atoms with Crippen LogP contribution >= 0.6 is 0 Å². The summed E-state index contributed by atoms with van der Waals surface area (Å²) in [6.07, 6.45) is 0.318. The predicted octanol–water partition coefficient (Wildman–Crippen LogP) is 1.82. The molecule has 0 aliphatic rings. The van der Waals surface area contributed by atoms with Gasteiger partial charge in [0.15, 0.2) is 5.78 Å². The molecule has 0 fully saturated rings. The van der Waals surface area contributed by atoms with E-state index in [1.807, 2.05) is 24.3 Å². The van der Waals surface area contributed by atoms with E-state index in [1.54, 1.807) is 7.11 Å². The molecular weight excluding hydrogens is 220 g/mol. The molecule has 0 radical (unpaired) electrons. The molecule has 94 valence electrons. The van der Waals surface area contributed by atoms with Gasteiger partial charge in [-0.05, 0) is 24.1 Å². The standard InChI is InChI=1S/C13H18O4/c1-15-11-7-4-10(5-8-11)6-9-12(14)13(16-2)17-3/h4-5,7-8,13H,6,9H2,1-3H3. The molecule has 1 aromatic rings. The molecule has 0 aliphatic heterocycles. The molecule has 0 atom stereocenters. The van der Waals surface area contributed by atoms with Crippen LogP contribution in [0, 0.1) is 0 Å². The Balaban J connectivity index is 2.46. The summed E-state index contributed by atoms with van der Waals surface area (Å²) in [4.78, 5) is 11.6. The molecule has 0 unspecified atom stereocenters. The van der Waals surface area contributed by atoms with Gasteiger partial charge in [0.05, 0.1) is 7.11 Å². The van der Waals surface area contributed by atoms with Crippen LogP contribution in [0.4, 0.5) is 0 Å². The van der Waals surface area contributed by atoms with Crippen molar-refractivity contribution in [2.75, 3.05) is 21.3 Å². The van der Waals surface area contributed by atoms with Crippen molar-refractivity contribution in [3.05, 3.63) is 29.8 Å². The molecule has 0 heterocycles. The Kier molecular flexibility index (Phi) is 5.66. The van der Waals surface area contributed by atoms with Gasteiger partial charge in [0.25, 0.3) is 0 Å². The number of ether oxygens (including phenoxy) is 3. The Hall–Kier alpha value is -1.39. The number of benzene rings is 1. The molecule has 1 rings (SSSR count). The van der Waals surface area contributed by atoms with Crippen molar-refractivity contribution in [2.45, 2.75) is 19.1 Å². The topological polar surface area (TPSA) is 44.8 Å². The zero-order valence-electron chi connectivity index (χ0n) is 10.4. The maximum Gasteiger partial charge on any atom is 0.217 e. The summed E-state index contributed by atoms with van der Waals surface area (Å²) in [5.41, 5.74) is 1.09. The highest BCUT2D eigenvalue weighted by Crippen LogP contribution is 2.13. The summed E-state index contributed by atoms with van der Waals surface area (Å²) in [6, 6.07) is 7.65. The van der Waals surface area contributed by atoms with E-state index in [0.717, 1.165) is 11.3 Å². The molecule has 4 heteroatoms. The highest BCUT2D eigenvalue weighted by Gasteiger charge is 2.15. The van der Waals surface area contributed by atoms with Gasteiger partial charge in [0.2, 0.25) is 6.29 Å². The van der Waals surface area contributed by atoms with Gasteiger partial charge in [0, 0.05) is 20.6 Å². The third-order valence-electron chi connectivity index (χ3n) is 2.51. The van der Waals surface area contributed by atoms with E-state index in [2.05, 4.69) is 0 Å². The number of ketones is 1. The van der Waals surface area contributed by atoms with Crippen LogP contribution < -0.4 is 4.74 Å². The van der Waals surface area contributed by atoms with Crippen LogP contribution in [0.2, 0.25) is 0 Å². The molecule has 0 N–H and O–H groups in total. The maximum absolute atomic E-state index is 11.6. The first-order valence-electron chi connectivity index (χ1n) is 5.42. The number of hydrogen-bond donors (Lipinski definition) is 0. The summed E-state index contributed by atoms with van der Waals surface area (Å²) in [5, 5.41) is 0. The van der Waals surface area contributed by atoms with E-state index in [0.29, 0.717) is 12.8 Å². The molecular formula is C13H18O4. The molecule has 0 saturated carbocycles. The minimum atomic E-state index is -0.756. The summed E-state index contributed by atoms with van der Waals surface area (Å²) in [5.74, 6) is 0.762. The number of aryl methyl sites for hydroxylation is 1. The number of Topliss-reactive ketones (excluding diaryl/α,β-unsaturated/α-hetero) is 1. The first kappa shape index (κ1) is 13.7.